The fourth-order valence-electron chi connectivity index (χ4n) is 2.31. The lowest BCUT2D eigenvalue weighted by molar-refractivity contribution is -0.137. The second kappa shape index (κ2) is 8.49. The molecule has 0 unspecified atom stereocenters. The summed E-state index contributed by atoms with van der Waals surface area (Å²) in [4.78, 5) is 12.2. The molecule has 0 aromatic heterocycles. The average Bonchev–Trinajstić information content (AvgIpc) is 2.60. The van der Waals surface area contributed by atoms with Crippen molar-refractivity contribution in [1.82, 2.24) is 5.32 Å². The number of nitrogens with one attached hydrogen (secondary N) is 1. The van der Waals surface area contributed by atoms with E-state index in [1.807, 2.05) is 0 Å². The number of amides is 1. The van der Waals surface area contributed by atoms with E-state index >= 15 is 0 Å². The van der Waals surface area contributed by atoms with Crippen LogP contribution in [-0.2, 0) is 22.6 Å². The molecule has 0 fully saturated rings. The van der Waals surface area contributed by atoms with Crippen LogP contribution in [0.15, 0.2) is 35.2 Å². The van der Waals surface area contributed by atoms with Crippen LogP contribution in [-0.4, -0.2) is 20.1 Å². The van der Waals surface area contributed by atoms with E-state index in [9.17, 15) is 26.4 Å². The second-order valence-corrected chi connectivity index (χ2v) is 9.18. The molecule has 0 saturated heterocycles. The van der Waals surface area contributed by atoms with Crippen LogP contribution in [0.2, 0.25) is 15.1 Å². The molecule has 28 heavy (non-hydrogen) atoms. The number of hydrogen-bond acceptors (Lipinski definition) is 3. The molecule has 4 nitrogen and oxygen atoms in total. The van der Waals surface area contributed by atoms with Gasteiger partial charge in [-0.25, -0.2) is 8.42 Å². The molecule has 0 radical (unpaired) electrons. The molecule has 0 heterocycles. The summed E-state index contributed by atoms with van der Waals surface area (Å²) < 4.78 is 63.1. The van der Waals surface area contributed by atoms with Gasteiger partial charge in [0, 0.05) is 17.1 Å². The van der Waals surface area contributed by atoms with Crippen molar-refractivity contribution in [2.45, 2.75) is 24.5 Å². The quantitative estimate of drug-likeness (QED) is 0.632. The summed E-state index contributed by atoms with van der Waals surface area (Å²) in [6, 6.07) is 4.88. The van der Waals surface area contributed by atoms with Gasteiger partial charge in [-0.05, 0) is 35.9 Å². The van der Waals surface area contributed by atoms with E-state index in [1.165, 1.54) is 19.1 Å². The Kier molecular flexibility index (Phi) is 6.91. The van der Waals surface area contributed by atoms with Crippen molar-refractivity contribution in [3.05, 3.63) is 62.1 Å². The number of carbonyl (C=O) groups is 1. The van der Waals surface area contributed by atoms with Crippen LogP contribution in [0.25, 0.3) is 0 Å². The first-order valence-electron chi connectivity index (χ1n) is 7.72. The fourth-order valence-corrected chi connectivity index (χ4v) is 4.10. The maximum absolute atomic E-state index is 12.9. The van der Waals surface area contributed by atoms with E-state index < -0.39 is 27.5 Å². The van der Waals surface area contributed by atoms with Crippen LogP contribution in [0.4, 0.5) is 13.2 Å². The highest BCUT2D eigenvalue weighted by molar-refractivity contribution is 7.91. The summed E-state index contributed by atoms with van der Waals surface area (Å²) in [5.41, 5.74) is -1.24. The van der Waals surface area contributed by atoms with Crippen LogP contribution < -0.4 is 5.32 Å². The minimum atomic E-state index is -4.67. The fraction of sp³-hybridized carbons (Fsp3) is 0.235. The highest BCUT2D eigenvalue weighted by Crippen LogP contribution is 2.32. The first-order chi connectivity index (χ1) is 12.8. The Labute approximate surface area is 174 Å². The Bertz CT molecular complexity index is 1020. The van der Waals surface area contributed by atoms with Gasteiger partial charge in [-0.3, -0.25) is 4.79 Å². The highest BCUT2D eigenvalue weighted by atomic mass is 35.5. The number of benzene rings is 2. The van der Waals surface area contributed by atoms with Gasteiger partial charge < -0.3 is 5.32 Å². The van der Waals surface area contributed by atoms with Gasteiger partial charge in [-0.1, -0.05) is 41.7 Å². The van der Waals surface area contributed by atoms with E-state index in [2.05, 4.69) is 5.32 Å². The average molecular weight is 475 g/mol. The van der Waals surface area contributed by atoms with Crippen molar-refractivity contribution < 1.29 is 26.4 Å². The van der Waals surface area contributed by atoms with E-state index in [0.29, 0.717) is 12.1 Å². The molecule has 0 atom stereocenters. The van der Waals surface area contributed by atoms with E-state index in [4.69, 9.17) is 34.8 Å². The monoisotopic (exact) mass is 473 g/mol. The zero-order valence-electron chi connectivity index (χ0n) is 14.2. The van der Waals surface area contributed by atoms with Gasteiger partial charge in [0.05, 0.1) is 26.3 Å². The molecule has 152 valence electrons. The summed E-state index contributed by atoms with van der Waals surface area (Å²) in [7, 11) is -3.68. The number of halogens is 6. The van der Waals surface area contributed by atoms with Crippen molar-refractivity contribution in [1.29, 1.82) is 0 Å². The molecular weight excluding hydrogens is 462 g/mol. The Morgan fingerprint density at radius 3 is 2.21 bits per heavy atom. The zero-order valence-corrected chi connectivity index (χ0v) is 17.3. The van der Waals surface area contributed by atoms with E-state index in [0.717, 1.165) is 6.07 Å². The lowest BCUT2D eigenvalue weighted by Crippen LogP contribution is -2.24. The topological polar surface area (TPSA) is 63.2 Å². The van der Waals surface area contributed by atoms with Crippen molar-refractivity contribution in [3.8, 4) is 0 Å². The maximum Gasteiger partial charge on any atom is 0.416 e. The van der Waals surface area contributed by atoms with Gasteiger partial charge in [0.2, 0.25) is 0 Å². The maximum atomic E-state index is 12.9. The summed E-state index contributed by atoms with van der Waals surface area (Å²) in [5, 5.41) is 2.21. The van der Waals surface area contributed by atoms with Crippen LogP contribution >= 0.6 is 34.8 Å². The second-order valence-electron chi connectivity index (χ2n) is 5.69. The molecule has 2 aromatic carbocycles. The third-order valence-corrected chi connectivity index (χ3v) is 6.50. The number of hydrogen-bond donors (Lipinski definition) is 1. The molecule has 1 N–H and O–H groups in total. The largest absolute Gasteiger partial charge is 0.416 e. The molecular formula is C17H13Cl3F3NO3S. The standard InChI is InChI=1S/C17H13Cl3F3NO3S/c1-2-28(26,27)15-7-14(20)13(19)5-10(15)8-24-16(25)9-3-11(17(21,22)23)6-12(18)4-9/h3-7H,2,8H2,1H3,(H,24,25). The highest BCUT2D eigenvalue weighted by Gasteiger charge is 2.31. The first kappa shape index (κ1) is 22.8. The Balaban J connectivity index is 2.34. The van der Waals surface area contributed by atoms with Crippen molar-refractivity contribution in [2.75, 3.05) is 5.75 Å². The van der Waals surface area contributed by atoms with Crippen LogP contribution in [0.5, 0.6) is 0 Å². The predicted molar refractivity (Wildman–Crippen MR) is 102 cm³/mol. The van der Waals surface area contributed by atoms with E-state index in [1.54, 1.807) is 0 Å². The van der Waals surface area contributed by atoms with E-state index in [-0.39, 0.29) is 43.4 Å². The zero-order chi connectivity index (χ0) is 21.3. The normalized spacial score (nSPS) is 12.1. The number of alkyl halides is 3. The summed E-state index contributed by atoms with van der Waals surface area (Å²) in [5.74, 6) is -1.08. The predicted octanol–water partition coefficient (Wildman–Crippen LogP) is 5.39. The van der Waals surface area contributed by atoms with Crippen LogP contribution in [0.1, 0.15) is 28.4 Å². The summed E-state index contributed by atoms with van der Waals surface area (Å²) in [6.45, 7) is 1.14. The lowest BCUT2D eigenvalue weighted by Gasteiger charge is -2.13. The Morgan fingerprint density at radius 2 is 1.64 bits per heavy atom. The van der Waals surface area contributed by atoms with Crippen molar-refractivity contribution in [2.24, 2.45) is 0 Å². The molecule has 0 aliphatic rings. The van der Waals surface area contributed by atoms with Gasteiger partial charge in [0.1, 0.15) is 0 Å². The minimum absolute atomic E-state index is 0.0217. The van der Waals surface area contributed by atoms with Gasteiger partial charge in [-0.15, -0.1) is 0 Å². The number of carbonyl (C=O) groups excluding carboxylic acids is 1. The smallest absolute Gasteiger partial charge is 0.348 e. The SMILES string of the molecule is CCS(=O)(=O)c1cc(Cl)c(Cl)cc1CNC(=O)c1cc(Cl)cc(C(F)(F)F)c1. The molecule has 0 saturated carbocycles. The minimum Gasteiger partial charge on any atom is -0.348 e. The van der Waals surface area contributed by atoms with Crippen LogP contribution in [0, 0.1) is 0 Å². The molecule has 1 amide bonds. The van der Waals surface area contributed by atoms with Crippen molar-refractivity contribution in [3.63, 3.8) is 0 Å². The van der Waals surface area contributed by atoms with Crippen LogP contribution in [0.3, 0.4) is 0 Å². The lowest BCUT2D eigenvalue weighted by atomic mass is 10.1. The molecule has 0 spiro atoms. The van der Waals surface area contributed by atoms with Gasteiger partial charge in [0.25, 0.3) is 5.91 Å². The molecule has 2 rings (SSSR count). The Hall–Kier alpha value is -1.48. The van der Waals surface area contributed by atoms with Gasteiger partial charge >= 0.3 is 6.18 Å². The molecule has 0 bridgehead atoms. The first-order valence-corrected chi connectivity index (χ1v) is 10.5. The van der Waals surface area contributed by atoms with Crippen molar-refractivity contribution >= 4 is 50.5 Å². The van der Waals surface area contributed by atoms with Gasteiger partial charge in [0.15, 0.2) is 9.84 Å². The molecule has 0 aliphatic carbocycles. The molecule has 11 heteroatoms. The summed E-state index contributed by atoms with van der Waals surface area (Å²) in [6.07, 6.45) is -4.67. The third-order valence-electron chi connectivity index (χ3n) is 3.75. The number of sulfone groups is 1. The Morgan fingerprint density at radius 1 is 1.04 bits per heavy atom. The van der Waals surface area contributed by atoms with Gasteiger partial charge in [-0.2, -0.15) is 13.2 Å². The molecule has 2 aromatic rings. The molecule has 0 aliphatic heterocycles. The summed E-state index contributed by atoms with van der Waals surface area (Å²) >= 11 is 17.5. The number of rotatable bonds is 5. The third kappa shape index (κ3) is 5.31.